The van der Waals surface area contributed by atoms with E-state index in [2.05, 4.69) is 25.2 Å². The molecule has 2 heterocycles. The molecule has 1 saturated heterocycles. The number of nitrogens with one attached hydrogen (secondary N) is 1. The van der Waals surface area contributed by atoms with E-state index in [0.717, 1.165) is 50.3 Å². The molecule has 3 rings (SSSR count). The number of aliphatic imine (C=N–C) groups is 1. The first-order chi connectivity index (χ1) is 12.1. The van der Waals surface area contributed by atoms with Gasteiger partial charge >= 0.3 is 0 Å². The van der Waals surface area contributed by atoms with Crippen LogP contribution in [0.4, 0.5) is 10.3 Å². The number of halogens is 1. The number of morpholine rings is 1. The molecule has 25 heavy (non-hydrogen) atoms. The molecular formula is C17H23FN6O. The van der Waals surface area contributed by atoms with Gasteiger partial charge in [-0.05, 0) is 25.5 Å². The number of benzene rings is 1. The second-order valence-corrected chi connectivity index (χ2v) is 5.99. The normalized spacial score (nSPS) is 16.3. The minimum absolute atomic E-state index is 0.261. The minimum atomic E-state index is -0.332. The summed E-state index contributed by atoms with van der Waals surface area (Å²) >= 11 is 0. The van der Waals surface area contributed by atoms with E-state index in [0.29, 0.717) is 18.0 Å². The standard InChI is InChI=1S/C17H23FN6O/c1-12-14-4-3-13(18)11-15(14)22-17(21-12)23-16(19)20-5-2-6-24-7-9-25-10-8-24/h3-4,11H,2,5-10H2,1H3,(H3,19,20,21,22,23). The molecule has 0 aliphatic carbocycles. The highest BCUT2D eigenvalue weighted by Crippen LogP contribution is 2.18. The van der Waals surface area contributed by atoms with Gasteiger partial charge in [0.05, 0.1) is 24.4 Å². The summed E-state index contributed by atoms with van der Waals surface area (Å²) in [5, 5.41) is 3.70. The van der Waals surface area contributed by atoms with Crippen molar-refractivity contribution in [3.63, 3.8) is 0 Å². The Labute approximate surface area is 146 Å². The lowest BCUT2D eigenvalue weighted by molar-refractivity contribution is 0.0377. The Hall–Kier alpha value is -2.32. The molecule has 1 aromatic carbocycles. The molecule has 0 unspecified atom stereocenters. The number of aryl methyl sites for hydroxylation is 1. The number of hydrogen-bond donors (Lipinski definition) is 2. The summed E-state index contributed by atoms with van der Waals surface area (Å²) in [6, 6.07) is 4.45. The third-order valence-electron chi connectivity index (χ3n) is 4.11. The van der Waals surface area contributed by atoms with E-state index in [1.807, 2.05) is 6.92 Å². The second kappa shape index (κ2) is 8.17. The molecule has 0 amide bonds. The SMILES string of the molecule is Cc1nc(NC(N)=NCCCN2CCOCC2)nc2cc(F)ccc12. The van der Waals surface area contributed by atoms with E-state index >= 15 is 0 Å². The Balaban J connectivity index is 1.56. The molecule has 1 aromatic heterocycles. The van der Waals surface area contributed by atoms with Gasteiger partial charge in [0.2, 0.25) is 5.95 Å². The Kier molecular flexibility index (Phi) is 5.72. The largest absolute Gasteiger partial charge is 0.379 e. The van der Waals surface area contributed by atoms with Crippen molar-refractivity contribution in [2.75, 3.05) is 44.7 Å². The Bertz CT molecular complexity index is 760. The molecule has 1 fully saturated rings. The highest BCUT2D eigenvalue weighted by Gasteiger charge is 2.09. The zero-order valence-electron chi connectivity index (χ0n) is 14.3. The van der Waals surface area contributed by atoms with E-state index in [9.17, 15) is 4.39 Å². The number of rotatable bonds is 5. The van der Waals surface area contributed by atoms with Crippen molar-refractivity contribution in [1.29, 1.82) is 0 Å². The number of aromatic nitrogens is 2. The highest BCUT2D eigenvalue weighted by molar-refractivity contribution is 5.92. The molecule has 0 spiro atoms. The van der Waals surface area contributed by atoms with Crippen LogP contribution in [0, 0.1) is 12.7 Å². The van der Waals surface area contributed by atoms with Crippen molar-refractivity contribution in [2.45, 2.75) is 13.3 Å². The molecule has 134 valence electrons. The molecule has 1 aliphatic heterocycles. The maximum atomic E-state index is 13.4. The molecule has 0 atom stereocenters. The minimum Gasteiger partial charge on any atom is -0.379 e. The first kappa shape index (κ1) is 17.5. The van der Waals surface area contributed by atoms with Crippen LogP contribution in [-0.2, 0) is 4.74 Å². The van der Waals surface area contributed by atoms with Crippen LogP contribution in [0.25, 0.3) is 10.9 Å². The van der Waals surface area contributed by atoms with Crippen LogP contribution in [-0.4, -0.2) is 60.2 Å². The van der Waals surface area contributed by atoms with Gasteiger partial charge in [-0.3, -0.25) is 15.2 Å². The highest BCUT2D eigenvalue weighted by atomic mass is 19.1. The van der Waals surface area contributed by atoms with Gasteiger partial charge in [0.1, 0.15) is 5.82 Å². The number of nitrogens with zero attached hydrogens (tertiary/aromatic N) is 4. The first-order valence-corrected chi connectivity index (χ1v) is 8.43. The molecule has 0 radical (unpaired) electrons. The fourth-order valence-corrected chi connectivity index (χ4v) is 2.79. The van der Waals surface area contributed by atoms with E-state index in [4.69, 9.17) is 10.5 Å². The van der Waals surface area contributed by atoms with Gasteiger partial charge in [-0.15, -0.1) is 0 Å². The summed E-state index contributed by atoms with van der Waals surface area (Å²) in [6.07, 6.45) is 0.922. The van der Waals surface area contributed by atoms with Crippen LogP contribution < -0.4 is 11.1 Å². The average Bonchev–Trinajstić information content (AvgIpc) is 2.59. The van der Waals surface area contributed by atoms with Crippen molar-refractivity contribution < 1.29 is 9.13 Å². The zero-order chi connectivity index (χ0) is 17.6. The van der Waals surface area contributed by atoms with Crippen LogP contribution in [0.15, 0.2) is 23.2 Å². The van der Waals surface area contributed by atoms with Gasteiger partial charge < -0.3 is 10.5 Å². The van der Waals surface area contributed by atoms with Gasteiger partial charge in [0.25, 0.3) is 0 Å². The monoisotopic (exact) mass is 346 g/mol. The fraction of sp³-hybridized carbons (Fsp3) is 0.471. The number of guanidine groups is 1. The Morgan fingerprint density at radius 2 is 2.16 bits per heavy atom. The summed E-state index contributed by atoms with van der Waals surface area (Å²) in [7, 11) is 0. The lowest BCUT2D eigenvalue weighted by Gasteiger charge is -2.26. The maximum absolute atomic E-state index is 13.4. The van der Waals surface area contributed by atoms with Crippen molar-refractivity contribution >= 4 is 22.8 Å². The van der Waals surface area contributed by atoms with Crippen LogP contribution in [0.3, 0.4) is 0 Å². The molecule has 2 aromatic rings. The average molecular weight is 346 g/mol. The summed E-state index contributed by atoms with van der Waals surface area (Å²) in [4.78, 5) is 15.3. The van der Waals surface area contributed by atoms with Crippen LogP contribution >= 0.6 is 0 Å². The quantitative estimate of drug-likeness (QED) is 0.485. The molecular weight excluding hydrogens is 323 g/mol. The van der Waals surface area contributed by atoms with Gasteiger partial charge in [-0.25, -0.2) is 14.4 Å². The van der Waals surface area contributed by atoms with Crippen molar-refractivity contribution in [1.82, 2.24) is 14.9 Å². The zero-order valence-corrected chi connectivity index (χ0v) is 14.3. The maximum Gasteiger partial charge on any atom is 0.230 e. The summed E-state index contributed by atoms with van der Waals surface area (Å²) in [5.41, 5.74) is 7.19. The molecule has 3 N–H and O–H groups in total. The Morgan fingerprint density at radius 3 is 2.96 bits per heavy atom. The second-order valence-electron chi connectivity index (χ2n) is 5.99. The van der Waals surface area contributed by atoms with Crippen molar-refractivity contribution in [3.05, 3.63) is 29.7 Å². The van der Waals surface area contributed by atoms with Crippen LogP contribution in [0.5, 0.6) is 0 Å². The number of hydrogen-bond acceptors (Lipinski definition) is 5. The first-order valence-electron chi connectivity index (χ1n) is 8.43. The summed E-state index contributed by atoms with van der Waals surface area (Å²) < 4.78 is 18.7. The molecule has 8 heteroatoms. The van der Waals surface area contributed by atoms with Gasteiger partial charge in [0, 0.05) is 37.6 Å². The molecule has 7 nitrogen and oxygen atoms in total. The van der Waals surface area contributed by atoms with Gasteiger partial charge in [0.15, 0.2) is 5.96 Å². The summed E-state index contributed by atoms with van der Waals surface area (Å²) in [6.45, 7) is 6.99. The molecule has 0 bridgehead atoms. The number of nitrogens with two attached hydrogens (primary N) is 1. The van der Waals surface area contributed by atoms with Crippen LogP contribution in [0.1, 0.15) is 12.1 Å². The lowest BCUT2D eigenvalue weighted by atomic mass is 10.2. The molecule has 1 aliphatic rings. The number of anilines is 1. The van der Waals surface area contributed by atoms with Crippen LogP contribution in [0.2, 0.25) is 0 Å². The Morgan fingerprint density at radius 1 is 1.36 bits per heavy atom. The smallest absolute Gasteiger partial charge is 0.230 e. The van der Waals surface area contributed by atoms with E-state index < -0.39 is 0 Å². The van der Waals surface area contributed by atoms with E-state index in [1.165, 1.54) is 12.1 Å². The van der Waals surface area contributed by atoms with Crippen molar-refractivity contribution in [3.8, 4) is 0 Å². The summed E-state index contributed by atoms with van der Waals surface area (Å²) in [5.74, 6) is 0.253. The van der Waals surface area contributed by atoms with Gasteiger partial charge in [-0.1, -0.05) is 0 Å². The van der Waals surface area contributed by atoms with Gasteiger partial charge in [-0.2, -0.15) is 0 Å². The lowest BCUT2D eigenvalue weighted by Crippen LogP contribution is -2.37. The third kappa shape index (κ3) is 4.83. The number of fused-ring (bicyclic) bond motifs is 1. The predicted octanol–water partition coefficient (Wildman–Crippen LogP) is 1.53. The fourth-order valence-electron chi connectivity index (χ4n) is 2.79. The number of ether oxygens (including phenoxy) is 1. The third-order valence-corrected chi connectivity index (χ3v) is 4.11. The van der Waals surface area contributed by atoms with E-state index in [1.54, 1.807) is 6.07 Å². The van der Waals surface area contributed by atoms with Crippen molar-refractivity contribution in [2.24, 2.45) is 10.7 Å². The topological polar surface area (TPSA) is 88.7 Å². The predicted molar refractivity (Wildman–Crippen MR) is 96.2 cm³/mol. The van der Waals surface area contributed by atoms with E-state index in [-0.39, 0.29) is 11.8 Å². The molecule has 0 saturated carbocycles.